The Morgan fingerprint density at radius 2 is 2.26 bits per heavy atom. The van der Waals surface area contributed by atoms with E-state index in [0.717, 1.165) is 20.8 Å². The standard InChI is InChI=1S/C16H14N6O2S3/c1-24-9-4-5-10-12(7-9)27-15(18-10)19-13(23)8-26-16-21-20-14(22(16)17)11-3-2-6-25-11/h2-7H,8,17H2,1H3,(H,18,19,23). The van der Waals surface area contributed by atoms with Crippen molar-refractivity contribution in [1.82, 2.24) is 19.9 Å². The zero-order valence-electron chi connectivity index (χ0n) is 14.1. The summed E-state index contributed by atoms with van der Waals surface area (Å²) in [5, 5.41) is 13.9. The molecule has 0 bridgehead atoms. The number of nitrogens with two attached hydrogens (primary N) is 1. The van der Waals surface area contributed by atoms with Crippen molar-refractivity contribution in [1.29, 1.82) is 0 Å². The summed E-state index contributed by atoms with van der Waals surface area (Å²) < 4.78 is 7.54. The van der Waals surface area contributed by atoms with Gasteiger partial charge in [-0.15, -0.1) is 21.5 Å². The van der Waals surface area contributed by atoms with Crippen molar-refractivity contribution in [2.24, 2.45) is 0 Å². The van der Waals surface area contributed by atoms with Crippen LogP contribution in [0.15, 0.2) is 40.9 Å². The Bertz CT molecular complexity index is 1090. The van der Waals surface area contributed by atoms with Gasteiger partial charge in [0, 0.05) is 0 Å². The average Bonchev–Trinajstić information content (AvgIpc) is 3.38. The smallest absolute Gasteiger partial charge is 0.236 e. The number of ether oxygens (including phenoxy) is 1. The summed E-state index contributed by atoms with van der Waals surface area (Å²) >= 11 is 4.14. The van der Waals surface area contributed by atoms with Gasteiger partial charge in [-0.25, -0.2) is 9.66 Å². The minimum Gasteiger partial charge on any atom is -0.497 e. The maximum absolute atomic E-state index is 12.2. The normalized spacial score (nSPS) is 11.0. The number of rotatable bonds is 6. The molecule has 0 fully saturated rings. The van der Waals surface area contributed by atoms with Gasteiger partial charge in [0.25, 0.3) is 0 Å². The molecule has 3 N–H and O–H groups in total. The van der Waals surface area contributed by atoms with Crippen molar-refractivity contribution in [2.45, 2.75) is 5.16 Å². The number of fused-ring (bicyclic) bond motifs is 1. The highest BCUT2D eigenvalue weighted by Gasteiger charge is 2.15. The van der Waals surface area contributed by atoms with E-state index in [1.54, 1.807) is 7.11 Å². The first-order chi connectivity index (χ1) is 13.1. The van der Waals surface area contributed by atoms with E-state index in [4.69, 9.17) is 10.6 Å². The zero-order chi connectivity index (χ0) is 18.8. The molecule has 0 atom stereocenters. The number of thioether (sulfide) groups is 1. The van der Waals surface area contributed by atoms with Crippen molar-refractivity contribution in [3.05, 3.63) is 35.7 Å². The van der Waals surface area contributed by atoms with Gasteiger partial charge in [0.1, 0.15) is 5.75 Å². The van der Waals surface area contributed by atoms with Gasteiger partial charge in [0.15, 0.2) is 11.0 Å². The van der Waals surface area contributed by atoms with Gasteiger partial charge in [-0.05, 0) is 29.6 Å². The third-order valence-corrected chi connectivity index (χ3v) is 6.32. The van der Waals surface area contributed by atoms with E-state index in [1.165, 1.54) is 39.1 Å². The molecule has 0 saturated carbocycles. The molecular weight excluding hydrogens is 404 g/mol. The summed E-state index contributed by atoms with van der Waals surface area (Å²) in [6.45, 7) is 0. The third-order valence-electron chi connectivity index (χ3n) is 3.58. The van der Waals surface area contributed by atoms with Crippen LogP contribution in [0.25, 0.3) is 20.9 Å². The molecule has 0 aliphatic rings. The molecule has 0 radical (unpaired) electrons. The number of aromatic nitrogens is 4. The van der Waals surface area contributed by atoms with Crippen LogP contribution in [0.4, 0.5) is 5.13 Å². The second kappa shape index (κ2) is 7.55. The first-order valence-corrected chi connectivity index (χ1v) is 10.4. The van der Waals surface area contributed by atoms with E-state index in [9.17, 15) is 4.79 Å². The molecule has 8 nitrogen and oxygen atoms in total. The molecule has 3 heterocycles. The molecule has 0 unspecified atom stereocenters. The van der Waals surface area contributed by atoms with E-state index in [-0.39, 0.29) is 11.7 Å². The number of thiazole rings is 1. The molecule has 1 amide bonds. The van der Waals surface area contributed by atoms with Crippen LogP contribution in [0.2, 0.25) is 0 Å². The zero-order valence-corrected chi connectivity index (χ0v) is 16.5. The Balaban J connectivity index is 1.40. The lowest BCUT2D eigenvalue weighted by Crippen LogP contribution is -2.16. The van der Waals surface area contributed by atoms with Gasteiger partial charge in [-0.1, -0.05) is 29.2 Å². The highest BCUT2D eigenvalue weighted by Crippen LogP contribution is 2.29. The SMILES string of the molecule is COc1ccc2nc(NC(=O)CSc3nnc(-c4cccs4)n3N)sc2c1. The number of carbonyl (C=O) groups excluding carboxylic acids is 1. The fourth-order valence-electron chi connectivity index (χ4n) is 2.32. The fraction of sp³-hybridized carbons (Fsp3) is 0.125. The summed E-state index contributed by atoms with van der Waals surface area (Å²) in [4.78, 5) is 17.6. The lowest BCUT2D eigenvalue weighted by Gasteiger charge is -2.02. The number of nitrogens with one attached hydrogen (secondary N) is 1. The minimum absolute atomic E-state index is 0.152. The van der Waals surface area contributed by atoms with Crippen molar-refractivity contribution in [3.63, 3.8) is 0 Å². The monoisotopic (exact) mass is 418 g/mol. The number of nitrogens with zero attached hydrogens (tertiary/aromatic N) is 4. The fourth-order valence-corrected chi connectivity index (χ4v) is 4.59. The molecule has 0 aliphatic heterocycles. The number of benzene rings is 1. The predicted octanol–water partition coefficient (Wildman–Crippen LogP) is 3.07. The van der Waals surface area contributed by atoms with E-state index >= 15 is 0 Å². The summed E-state index contributed by atoms with van der Waals surface area (Å²) in [6.07, 6.45) is 0. The molecule has 11 heteroatoms. The van der Waals surface area contributed by atoms with Crippen LogP contribution in [0.1, 0.15) is 0 Å². The molecule has 1 aromatic carbocycles. The van der Waals surface area contributed by atoms with Crippen molar-refractivity contribution in [2.75, 3.05) is 24.0 Å². The highest BCUT2D eigenvalue weighted by atomic mass is 32.2. The van der Waals surface area contributed by atoms with Gasteiger partial charge in [-0.2, -0.15) is 0 Å². The Morgan fingerprint density at radius 1 is 1.37 bits per heavy atom. The topological polar surface area (TPSA) is 108 Å². The van der Waals surface area contributed by atoms with Crippen molar-refractivity contribution < 1.29 is 9.53 Å². The molecule has 0 aliphatic carbocycles. The third kappa shape index (κ3) is 3.75. The number of thiophene rings is 1. The second-order valence-electron chi connectivity index (χ2n) is 5.34. The van der Waals surface area contributed by atoms with E-state index in [1.807, 2.05) is 35.7 Å². The number of nitrogen functional groups attached to an aromatic ring is 1. The Morgan fingerprint density at radius 3 is 3.04 bits per heavy atom. The van der Waals surface area contributed by atoms with Crippen LogP contribution in [0.5, 0.6) is 5.75 Å². The predicted molar refractivity (Wildman–Crippen MR) is 109 cm³/mol. The van der Waals surface area contributed by atoms with E-state index in [2.05, 4.69) is 20.5 Å². The Hall–Kier alpha value is -2.63. The van der Waals surface area contributed by atoms with Crippen LogP contribution in [-0.4, -0.2) is 38.6 Å². The Kier molecular flexibility index (Phi) is 4.97. The summed E-state index contributed by atoms with van der Waals surface area (Å²) in [7, 11) is 1.61. The lowest BCUT2D eigenvalue weighted by molar-refractivity contribution is -0.113. The van der Waals surface area contributed by atoms with Gasteiger partial charge >= 0.3 is 0 Å². The number of hydrogen-bond donors (Lipinski definition) is 2. The number of anilines is 1. The van der Waals surface area contributed by atoms with E-state index in [0.29, 0.717) is 16.1 Å². The molecular formula is C16H14N6O2S3. The van der Waals surface area contributed by atoms with Crippen LogP contribution in [0, 0.1) is 0 Å². The first-order valence-electron chi connectivity index (χ1n) is 7.75. The van der Waals surface area contributed by atoms with Crippen molar-refractivity contribution in [3.8, 4) is 16.5 Å². The Labute approximate surface area is 166 Å². The number of amides is 1. The highest BCUT2D eigenvalue weighted by molar-refractivity contribution is 7.99. The summed E-state index contributed by atoms with van der Waals surface area (Å²) in [5.74, 6) is 7.33. The minimum atomic E-state index is -0.188. The van der Waals surface area contributed by atoms with Crippen LogP contribution >= 0.6 is 34.4 Å². The largest absolute Gasteiger partial charge is 0.497 e. The quantitative estimate of drug-likeness (QED) is 0.366. The molecule has 4 aromatic rings. The number of hydrogen-bond acceptors (Lipinski definition) is 9. The van der Waals surface area contributed by atoms with Gasteiger partial charge in [0.2, 0.25) is 11.1 Å². The van der Waals surface area contributed by atoms with Crippen LogP contribution in [-0.2, 0) is 4.79 Å². The molecule has 27 heavy (non-hydrogen) atoms. The maximum atomic E-state index is 12.2. The molecule has 138 valence electrons. The molecule has 4 rings (SSSR count). The number of methoxy groups -OCH3 is 1. The first kappa shape index (κ1) is 17.8. The van der Waals surface area contributed by atoms with Gasteiger partial charge < -0.3 is 15.9 Å². The maximum Gasteiger partial charge on any atom is 0.236 e. The average molecular weight is 419 g/mol. The van der Waals surface area contributed by atoms with Crippen LogP contribution in [0.3, 0.4) is 0 Å². The molecule has 0 spiro atoms. The second-order valence-corrected chi connectivity index (χ2v) is 8.26. The molecule has 0 saturated heterocycles. The van der Waals surface area contributed by atoms with Gasteiger partial charge in [-0.3, -0.25) is 4.79 Å². The summed E-state index contributed by atoms with van der Waals surface area (Å²) in [6, 6.07) is 9.42. The van der Waals surface area contributed by atoms with Crippen LogP contribution < -0.4 is 15.9 Å². The molecule has 3 aromatic heterocycles. The summed E-state index contributed by atoms with van der Waals surface area (Å²) in [5.41, 5.74) is 0.811. The lowest BCUT2D eigenvalue weighted by atomic mass is 10.3. The number of carbonyl (C=O) groups is 1. The van der Waals surface area contributed by atoms with Gasteiger partial charge in [0.05, 0.1) is 28.0 Å². The van der Waals surface area contributed by atoms with E-state index < -0.39 is 0 Å². The van der Waals surface area contributed by atoms with Crippen molar-refractivity contribution >= 4 is 55.7 Å².